The van der Waals surface area contributed by atoms with E-state index in [2.05, 4.69) is 74.6 Å². The molecular formula is C43H76NO7P. The largest absolute Gasteiger partial charge is 0.498 e. The minimum Gasteiger partial charge on any atom is -0.498 e. The van der Waals surface area contributed by atoms with E-state index >= 15 is 0 Å². The van der Waals surface area contributed by atoms with Crippen LogP contribution in [-0.2, 0) is 27.9 Å². The first-order chi connectivity index (χ1) is 25.4. The van der Waals surface area contributed by atoms with E-state index < -0.39 is 13.9 Å². The normalized spacial score (nSPS) is 14.2. The van der Waals surface area contributed by atoms with Crippen molar-refractivity contribution in [3.05, 3.63) is 73.1 Å². The van der Waals surface area contributed by atoms with Gasteiger partial charge in [-0.1, -0.05) is 152 Å². The summed E-state index contributed by atoms with van der Waals surface area (Å²) in [7, 11) is -4.30. The quantitative estimate of drug-likeness (QED) is 0.0211. The first-order valence-corrected chi connectivity index (χ1v) is 22.0. The second-order valence-corrected chi connectivity index (χ2v) is 14.6. The smallest absolute Gasteiger partial charge is 0.472 e. The zero-order valence-corrected chi connectivity index (χ0v) is 33.9. The predicted molar refractivity (Wildman–Crippen MR) is 219 cm³/mol. The molecule has 8 nitrogen and oxygen atoms in total. The molecule has 1 unspecified atom stereocenters. The first kappa shape index (κ1) is 49.8. The average Bonchev–Trinajstić information content (AvgIpc) is 3.13. The lowest BCUT2D eigenvalue weighted by atomic mass is 10.0. The number of ether oxygens (including phenoxy) is 2. The number of carbonyl (C=O) groups excluding carboxylic acids is 1. The molecule has 3 N–H and O–H groups in total. The van der Waals surface area contributed by atoms with Crippen LogP contribution in [0.4, 0.5) is 0 Å². The van der Waals surface area contributed by atoms with E-state index in [1.54, 1.807) is 6.26 Å². The summed E-state index contributed by atoms with van der Waals surface area (Å²) >= 11 is 0. The van der Waals surface area contributed by atoms with Gasteiger partial charge in [0.15, 0.2) is 6.10 Å². The minimum absolute atomic E-state index is 0.0155. The van der Waals surface area contributed by atoms with Crippen LogP contribution in [0.3, 0.4) is 0 Å². The van der Waals surface area contributed by atoms with Gasteiger partial charge in [0, 0.05) is 13.0 Å². The van der Waals surface area contributed by atoms with Crippen molar-refractivity contribution in [2.45, 2.75) is 168 Å². The van der Waals surface area contributed by atoms with E-state index in [1.165, 1.54) is 70.6 Å². The molecule has 9 heteroatoms. The number of nitrogens with two attached hydrogens (primary N) is 1. The highest BCUT2D eigenvalue weighted by Crippen LogP contribution is 2.43. The van der Waals surface area contributed by atoms with Gasteiger partial charge < -0.3 is 20.1 Å². The summed E-state index contributed by atoms with van der Waals surface area (Å²) in [5.74, 6) is -0.386. The Bertz CT molecular complexity index is 1020. The van der Waals surface area contributed by atoms with E-state index in [-0.39, 0.29) is 38.8 Å². The van der Waals surface area contributed by atoms with Crippen LogP contribution in [0.15, 0.2) is 73.1 Å². The molecule has 0 aliphatic heterocycles. The van der Waals surface area contributed by atoms with Gasteiger partial charge in [0.2, 0.25) is 0 Å². The van der Waals surface area contributed by atoms with E-state index in [0.29, 0.717) is 6.42 Å². The Kier molecular flexibility index (Phi) is 38.3. The summed E-state index contributed by atoms with van der Waals surface area (Å²) in [5, 5.41) is 0. The molecule has 0 aromatic carbocycles. The molecular weight excluding hydrogens is 673 g/mol. The molecule has 0 heterocycles. The van der Waals surface area contributed by atoms with Crippen molar-refractivity contribution in [1.82, 2.24) is 0 Å². The maximum atomic E-state index is 12.5. The molecule has 0 bridgehead atoms. The molecule has 0 aromatic rings. The molecule has 52 heavy (non-hydrogen) atoms. The SMILES string of the molecule is CC/C=C\C/C=C\C/C=C\C/C=C\C/C=C\CCCCCC(=O)O[C@H](CO/C=C\CCCCCCCCCCCCCC)COP(=O)(O)OCCN. The molecule has 0 saturated heterocycles. The van der Waals surface area contributed by atoms with Gasteiger partial charge in [-0.15, -0.1) is 0 Å². The van der Waals surface area contributed by atoms with Crippen molar-refractivity contribution < 1.29 is 32.8 Å². The van der Waals surface area contributed by atoms with Crippen LogP contribution in [0, 0.1) is 0 Å². The lowest BCUT2D eigenvalue weighted by molar-refractivity contribution is -0.153. The lowest BCUT2D eigenvalue weighted by Crippen LogP contribution is -2.27. The third-order valence-electron chi connectivity index (χ3n) is 8.20. The summed E-state index contributed by atoms with van der Waals surface area (Å²) in [6.45, 7) is 4.07. The minimum atomic E-state index is -4.30. The zero-order chi connectivity index (χ0) is 38.1. The Morgan fingerprint density at radius 2 is 1.10 bits per heavy atom. The van der Waals surface area contributed by atoms with Crippen LogP contribution in [-0.4, -0.2) is 43.3 Å². The monoisotopic (exact) mass is 750 g/mol. The summed E-state index contributed by atoms with van der Waals surface area (Å²) in [6, 6.07) is 0. The van der Waals surface area contributed by atoms with Gasteiger partial charge in [-0.05, 0) is 70.3 Å². The van der Waals surface area contributed by atoms with Crippen LogP contribution in [0.1, 0.15) is 162 Å². The van der Waals surface area contributed by atoms with Gasteiger partial charge in [0.25, 0.3) is 0 Å². The number of hydrogen-bond acceptors (Lipinski definition) is 7. The summed E-state index contributed by atoms with van der Waals surface area (Å²) in [4.78, 5) is 22.4. The van der Waals surface area contributed by atoms with Gasteiger partial charge in [0.1, 0.15) is 6.61 Å². The van der Waals surface area contributed by atoms with Crippen molar-refractivity contribution in [1.29, 1.82) is 0 Å². The lowest BCUT2D eigenvalue weighted by Gasteiger charge is -2.19. The fraction of sp³-hybridized carbons (Fsp3) is 0.698. The number of esters is 1. The number of carbonyl (C=O) groups is 1. The molecule has 0 fully saturated rings. The van der Waals surface area contributed by atoms with Gasteiger partial charge in [-0.2, -0.15) is 0 Å². The third kappa shape index (κ3) is 39.0. The molecule has 0 amide bonds. The van der Waals surface area contributed by atoms with E-state index in [9.17, 15) is 14.3 Å². The van der Waals surface area contributed by atoms with Gasteiger partial charge in [0.05, 0.1) is 19.5 Å². The number of hydrogen-bond donors (Lipinski definition) is 2. The van der Waals surface area contributed by atoms with Crippen LogP contribution in [0.2, 0.25) is 0 Å². The van der Waals surface area contributed by atoms with Gasteiger partial charge >= 0.3 is 13.8 Å². The van der Waals surface area contributed by atoms with Crippen molar-refractivity contribution in [3.63, 3.8) is 0 Å². The highest BCUT2D eigenvalue weighted by molar-refractivity contribution is 7.47. The highest BCUT2D eigenvalue weighted by Gasteiger charge is 2.25. The third-order valence-corrected chi connectivity index (χ3v) is 9.19. The molecule has 0 aliphatic carbocycles. The number of unbranched alkanes of at least 4 members (excludes halogenated alkanes) is 15. The predicted octanol–water partition coefficient (Wildman–Crippen LogP) is 12.3. The molecule has 0 aromatic heterocycles. The topological polar surface area (TPSA) is 117 Å². The van der Waals surface area contributed by atoms with Crippen molar-refractivity contribution >= 4 is 13.8 Å². The molecule has 0 spiro atoms. The Morgan fingerprint density at radius 3 is 1.63 bits per heavy atom. The van der Waals surface area contributed by atoms with Crippen LogP contribution >= 0.6 is 7.82 Å². The maximum Gasteiger partial charge on any atom is 0.472 e. The van der Waals surface area contributed by atoms with E-state index in [4.69, 9.17) is 24.3 Å². The standard InChI is InChI=1S/C43H76NO7P/c1-3-5-7-9-11-13-15-17-19-20-21-22-23-24-26-28-30-32-34-36-43(45)51-42(41-50-52(46,47)49-39-37-44)40-48-38-35-33-31-29-27-25-18-16-14-12-10-8-6-4-2/h5,7,11,13,17,19,21-22,24,26,35,38,42H,3-4,6,8-10,12,14-16,18,20,23,25,27-34,36-37,39-41,44H2,1-2H3,(H,46,47)/b7-5-,13-11-,19-17-,22-21-,26-24-,38-35-/t42-/m1/s1. The fourth-order valence-corrected chi connectivity index (χ4v) is 5.99. The van der Waals surface area contributed by atoms with Crippen molar-refractivity contribution in [2.75, 3.05) is 26.4 Å². The first-order valence-electron chi connectivity index (χ1n) is 20.5. The Balaban J connectivity index is 4.20. The molecule has 0 saturated carbocycles. The Morgan fingerprint density at radius 1 is 0.615 bits per heavy atom. The number of rotatable bonds is 38. The van der Waals surface area contributed by atoms with Crippen LogP contribution < -0.4 is 5.73 Å². The molecule has 2 atom stereocenters. The fourth-order valence-electron chi connectivity index (χ4n) is 5.22. The second-order valence-electron chi connectivity index (χ2n) is 13.2. The van der Waals surface area contributed by atoms with E-state index in [0.717, 1.165) is 64.2 Å². The van der Waals surface area contributed by atoms with Gasteiger partial charge in [-0.25, -0.2) is 4.57 Å². The molecule has 0 rings (SSSR count). The average molecular weight is 750 g/mol. The molecule has 300 valence electrons. The van der Waals surface area contributed by atoms with Gasteiger partial charge in [-0.3, -0.25) is 13.8 Å². The Labute approximate surface area is 318 Å². The zero-order valence-electron chi connectivity index (χ0n) is 33.0. The maximum absolute atomic E-state index is 12.5. The number of allylic oxidation sites excluding steroid dienone is 11. The highest BCUT2D eigenvalue weighted by atomic mass is 31.2. The summed E-state index contributed by atoms with van der Waals surface area (Å²) < 4.78 is 33.1. The number of phosphoric ester groups is 1. The second kappa shape index (κ2) is 40.0. The molecule has 0 aliphatic rings. The summed E-state index contributed by atoms with van der Waals surface area (Å²) in [5.41, 5.74) is 5.35. The molecule has 0 radical (unpaired) electrons. The number of phosphoric acid groups is 1. The van der Waals surface area contributed by atoms with E-state index in [1.807, 2.05) is 6.08 Å². The van der Waals surface area contributed by atoms with Crippen LogP contribution in [0.25, 0.3) is 0 Å². The van der Waals surface area contributed by atoms with Crippen LogP contribution in [0.5, 0.6) is 0 Å². The Hall–Kier alpha value is -2.22. The van der Waals surface area contributed by atoms with Crippen molar-refractivity contribution in [3.8, 4) is 0 Å². The summed E-state index contributed by atoms with van der Waals surface area (Å²) in [6.07, 6.45) is 50.1. The van der Waals surface area contributed by atoms with Crippen molar-refractivity contribution in [2.24, 2.45) is 5.73 Å².